The highest BCUT2D eigenvalue weighted by molar-refractivity contribution is 14.1. The average Bonchev–Trinajstić information content (AvgIpc) is 2.69. The van der Waals surface area contributed by atoms with Crippen LogP contribution in [0.5, 0.6) is 11.5 Å². The van der Waals surface area contributed by atoms with Crippen molar-refractivity contribution in [3.8, 4) is 11.5 Å². The molecule has 2 N–H and O–H groups in total. The number of halogens is 5. The van der Waals surface area contributed by atoms with Crippen molar-refractivity contribution in [3.05, 3.63) is 42.5 Å². The highest BCUT2D eigenvalue weighted by Crippen LogP contribution is 2.40. The monoisotopic (exact) mass is 647 g/mol. The van der Waals surface area contributed by atoms with Gasteiger partial charge in [0.05, 0.1) is 32.1 Å². The van der Waals surface area contributed by atoms with Crippen molar-refractivity contribution in [2.75, 3.05) is 31.5 Å². The number of nitrogens with zero attached hydrogens (tertiary/aromatic N) is 2. The molecule has 0 aliphatic carbocycles. The van der Waals surface area contributed by atoms with Gasteiger partial charge in [-0.1, -0.05) is 0 Å². The van der Waals surface area contributed by atoms with Gasteiger partial charge >= 0.3 is 12.1 Å². The Labute approximate surface area is 198 Å². The molecule has 0 radical (unpaired) electrons. The molecule has 0 atom stereocenters. The fourth-order valence-corrected chi connectivity index (χ4v) is 5.15. The number of carbonyl (C=O) groups excluding carboxylic acids is 1. The smallest absolute Gasteiger partial charge is 0.473 e. The molecule has 1 aliphatic rings. The van der Waals surface area contributed by atoms with Gasteiger partial charge in [0.25, 0.3) is 0 Å². The van der Waals surface area contributed by atoms with Crippen molar-refractivity contribution in [2.45, 2.75) is 19.1 Å². The molecule has 162 valence electrons. The summed E-state index contributed by atoms with van der Waals surface area (Å²) in [5.74, 6) is -1.07. The SMILES string of the molecule is COc1cc2c(cc1OC)N(Cc1cc(I)c(N)c(I)c1)N(C(=O)C(F)(F)F)CC2. The van der Waals surface area contributed by atoms with Crippen LogP contribution in [0.25, 0.3) is 0 Å². The molecule has 0 spiro atoms. The van der Waals surface area contributed by atoms with Crippen molar-refractivity contribution in [3.63, 3.8) is 0 Å². The van der Waals surface area contributed by atoms with Gasteiger partial charge in [-0.05, 0) is 80.9 Å². The zero-order valence-corrected chi connectivity index (χ0v) is 20.3. The summed E-state index contributed by atoms with van der Waals surface area (Å²) in [5, 5.41) is 2.08. The van der Waals surface area contributed by atoms with E-state index in [2.05, 4.69) is 45.2 Å². The van der Waals surface area contributed by atoms with Gasteiger partial charge in [-0.15, -0.1) is 0 Å². The van der Waals surface area contributed by atoms with Crippen molar-refractivity contribution in [1.82, 2.24) is 5.01 Å². The molecule has 3 rings (SSSR count). The number of rotatable bonds is 4. The van der Waals surface area contributed by atoms with Gasteiger partial charge in [0.2, 0.25) is 0 Å². The van der Waals surface area contributed by atoms with Gasteiger partial charge in [0.15, 0.2) is 11.5 Å². The van der Waals surface area contributed by atoms with Crippen LogP contribution in [-0.2, 0) is 17.8 Å². The maximum Gasteiger partial charge on any atom is 0.473 e. The summed E-state index contributed by atoms with van der Waals surface area (Å²) in [6, 6.07) is 6.91. The number of methoxy groups -OCH3 is 2. The lowest BCUT2D eigenvalue weighted by Gasteiger charge is -2.41. The minimum absolute atomic E-state index is 0.0522. The summed E-state index contributed by atoms with van der Waals surface area (Å²) in [6.45, 7) is -0.0550. The number of hydrogen-bond donors (Lipinski definition) is 1. The maximum atomic E-state index is 13.3. The average molecular weight is 647 g/mol. The molecule has 0 unspecified atom stereocenters. The van der Waals surface area contributed by atoms with Crippen LogP contribution in [0.15, 0.2) is 24.3 Å². The normalized spacial score (nSPS) is 13.8. The Morgan fingerprint density at radius 3 is 2.20 bits per heavy atom. The molecule has 0 fully saturated rings. The molecular weight excluding hydrogens is 629 g/mol. The lowest BCUT2D eigenvalue weighted by molar-refractivity contribution is -0.186. The molecule has 6 nitrogen and oxygen atoms in total. The summed E-state index contributed by atoms with van der Waals surface area (Å²) >= 11 is 4.15. The first-order valence-electron chi connectivity index (χ1n) is 8.71. The van der Waals surface area contributed by atoms with Crippen LogP contribution in [0.2, 0.25) is 0 Å². The lowest BCUT2D eigenvalue weighted by Crippen LogP contribution is -2.54. The summed E-state index contributed by atoms with van der Waals surface area (Å²) in [7, 11) is 2.93. The number of alkyl halides is 3. The number of nitrogen functional groups attached to an aromatic ring is 1. The van der Waals surface area contributed by atoms with E-state index in [0.29, 0.717) is 22.9 Å². The van der Waals surface area contributed by atoms with E-state index in [1.54, 1.807) is 24.3 Å². The number of benzene rings is 2. The second-order valence-electron chi connectivity index (χ2n) is 6.54. The molecule has 1 aliphatic heterocycles. The van der Waals surface area contributed by atoms with Gasteiger partial charge in [-0.2, -0.15) is 13.2 Å². The van der Waals surface area contributed by atoms with Crippen molar-refractivity contribution in [2.24, 2.45) is 0 Å². The van der Waals surface area contributed by atoms with E-state index in [0.717, 1.165) is 23.3 Å². The molecule has 0 aromatic heterocycles. The third-order valence-corrected chi connectivity index (χ3v) is 6.48. The molecule has 30 heavy (non-hydrogen) atoms. The zero-order chi connectivity index (χ0) is 22.2. The molecule has 1 heterocycles. The van der Waals surface area contributed by atoms with Crippen LogP contribution < -0.4 is 20.2 Å². The highest BCUT2D eigenvalue weighted by Gasteiger charge is 2.46. The second kappa shape index (κ2) is 8.85. The van der Waals surface area contributed by atoms with E-state index >= 15 is 0 Å². The van der Waals surface area contributed by atoms with E-state index < -0.39 is 12.1 Å². The Morgan fingerprint density at radius 2 is 1.67 bits per heavy atom. The van der Waals surface area contributed by atoms with E-state index in [1.807, 2.05) is 0 Å². The van der Waals surface area contributed by atoms with Crippen LogP contribution in [0.3, 0.4) is 0 Å². The fourth-order valence-electron chi connectivity index (χ4n) is 3.26. The fraction of sp³-hybridized carbons (Fsp3) is 0.316. The van der Waals surface area contributed by atoms with Gasteiger partial charge in [0.1, 0.15) is 0 Å². The third kappa shape index (κ3) is 4.50. The minimum atomic E-state index is -4.99. The first-order chi connectivity index (χ1) is 14.1. The van der Waals surface area contributed by atoms with E-state index in [-0.39, 0.29) is 19.5 Å². The number of nitrogens with two attached hydrogens (primary N) is 1. The molecule has 2 aromatic rings. The largest absolute Gasteiger partial charge is 0.493 e. The molecule has 2 aromatic carbocycles. The van der Waals surface area contributed by atoms with Crippen LogP contribution in [0, 0.1) is 7.14 Å². The van der Waals surface area contributed by atoms with Gasteiger partial charge < -0.3 is 15.2 Å². The van der Waals surface area contributed by atoms with Gasteiger partial charge in [-0.3, -0.25) is 9.80 Å². The first-order valence-corrected chi connectivity index (χ1v) is 10.9. The molecule has 11 heteroatoms. The van der Waals surface area contributed by atoms with Crippen molar-refractivity contribution >= 4 is 62.5 Å². The molecule has 0 bridgehead atoms. The Bertz CT molecular complexity index is 962. The summed E-state index contributed by atoms with van der Waals surface area (Å²) < 4.78 is 52.1. The molecule has 1 amide bonds. The Morgan fingerprint density at radius 1 is 1.10 bits per heavy atom. The van der Waals surface area contributed by atoms with Crippen LogP contribution in [0.1, 0.15) is 11.1 Å². The topological polar surface area (TPSA) is 68.0 Å². The third-order valence-electron chi connectivity index (χ3n) is 4.70. The highest BCUT2D eigenvalue weighted by atomic mass is 127. The number of amides is 1. The predicted molar refractivity (Wildman–Crippen MR) is 123 cm³/mol. The summed E-state index contributed by atoms with van der Waals surface area (Å²) in [4.78, 5) is 12.2. The first kappa shape index (κ1) is 23.0. The number of fused-ring (bicyclic) bond motifs is 1. The second-order valence-corrected chi connectivity index (χ2v) is 8.87. The predicted octanol–water partition coefficient (Wildman–Crippen LogP) is 4.36. The number of anilines is 2. The number of hydrogen-bond acceptors (Lipinski definition) is 5. The number of hydrazine groups is 1. The Balaban J connectivity index is 2.11. The van der Waals surface area contributed by atoms with Gasteiger partial charge in [0, 0.05) is 19.8 Å². The molecule has 0 saturated carbocycles. The number of carbonyl (C=O) groups is 1. The summed E-state index contributed by atoms with van der Waals surface area (Å²) in [6.07, 6.45) is -4.74. The van der Waals surface area contributed by atoms with E-state index in [1.165, 1.54) is 19.2 Å². The van der Waals surface area contributed by atoms with Crippen LogP contribution in [-0.4, -0.2) is 37.9 Å². The Hall–Kier alpha value is -1.64. The van der Waals surface area contributed by atoms with E-state index in [9.17, 15) is 18.0 Å². The maximum absolute atomic E-state index is 13.3. The van der Waals surface area contributed by atoms with Crippen LogP contribution in [0.4, 0.5) is 24.5 Å². The van der Waals surface area contributed by atoms with E-state index in [4.69, 9.17) is 15.2 Å². The van der Waals surface area contributed by atoms with Crippen LogP contribution >= 0.6 is 45.2 Å². The Kier molecular flexibility index (Phi) is 6.79. The minimum Gasteiger partial charge on any atom is -0.493 e. The zero-order valence-electron chi connectivity index (χ0n) is 16.0. The summed E-state index contributed by atoms with van der Waals surface area (Å²) in [5.41, 5.74) is 8.54. The van der Waals surface area contributed by atoms with Crippen molar-refractivity contribution < 1.29 is 27.4 Å². The standard InChI is InChI=1S/C19H18F3I2N3O3/c1-29-15-7-11-3-4-26(18(28)19(20,21)22)27(14(11)8-16(15)30-2)9-10-5-12(23)17(25)13(24)6-10/h5-8H,3-4,9,25H2,1-2H3. The quantitative estimate of drug-likeness (QED) is 0.395. The lowest BCUT2D eigenvalue weighted by atomic mass is 10.0. The van der Waals surface area contributed by atoms with Gasteiger partial charge in [-0.25, -0.2) is 5.01 Å². The molecular formula is C19H18F3I2N3O3. The number of ether oxygens (including phenoxy) is 2. The van der Waals surface area contributed by atoms with Crippen molar-refractivity contribution in [1.29, 1.82) is 0 Å². The molecule has 0 saturated heterocycles.